The molecule has 19 heavy (non-hydrogen) atoms. The van der Waals surface area contributed by atoms with E-state index in [9.17, 15) is 19.5 Å². The molecule has 0 saturated heterocycles. The standard InChI is InChI=1S/C12H12N2O5/c1-19-12(18)8-3-2-7(6-9(8)15)14-11(17)5-4-10(13)16/h2-6,15H,1H3,(H2,13,16)(H,14,17). The minimum atomic E-state index is -0.751. The van der Waals surface area contributed by atoms with Crippen LogP contribution in [-0.2, 0) is 14.3 Å². The first-order valence-electron chi connectivity index (χ1n) is 5.14. The van der Waals surface area contributed by atoms with Gasteiger partial charge in [-0.05, 0) is 12.1 Å². The molecule has 0 aliphatic carbocycles. The number of hydrogen-bond donors (Lipinski definition) is 3. The minimum absolute atomic E-state index is 0.0202. The summed E-state index contributed by atoms with van der Waals surface area (Å²) in [5.74, 6) is -2.37. The summed E-state index contributed by atoms with van der Waals surface area (Å²) < 4.78 is 4.45. The summed E-state index contributed by atoms with van der Waals surface area (Å²) in [6.45, 7) is 0. The van der Waals surface area contributed by atoms with Crippen LogP contribution in [0.2, 0.25) is 0 Å². The number of esters is 1. The van der Waals surface area contributed by atoms with Gasteiger partial charge in [0.25, 0.3) is 0 Å². The molecule has 0 bridgehead atoms. The maximum Gasteiger partial charge on any atom is 0.341 e. The molecule has 0 atom stereocenters. The zero-order valence-electron chi connectivity index (χ0n) is 10.0. The van der Waals surface area contributed by atoms with E-state index in [1.54, 1.807) is 0 Å². The maximum absolute atomic E-state index is 11.3. The third-order valence-electron chi connectivity index (χ3n) is 2.07. The van der Waals surface area contributed by atoms with Crippen molar-refractivity contribution in [2.24, 2.45) is 5.73 Å². The lowest BCUT2D eigenvalue weighted by atomic mass is 10.2. The van der Waals surface area contributed by atoms with Crippen LogP contribution >= 0.6 is 0 Å². The number of carbonyl (C=O) groups is 3. The number of hydrogen-bond acceptors (Lipinski definition) is 5. The van der Waals surface area contributed by atoms with E-state index in [0.717, 1.165) is 12.2 Å². The fourth-order valence-corrected chi connectivity index (χ4v) is 1.23. The van der Waals surface area contributed by atoms with Gasteiger partial charge in [-0.3, -0.25) is 9.59 Å². The quantitative estimate of drug-likeness (QED) is 0.528. The van der Waals surface area contributed by atoms with Gasteiger partial charge < -0.3 is 20.9 Å². The number of aromatic hydroxyl groups is 1. The van der Waals surface area contributed by atoms with Gasteiger partial charge in [-0.15, -0.1) is 0 Å². The third-order valence-corrected chi connectivity index (χ3v) is 2.07. The van der Waals surface area contributed by atoms with Gasteiger partial charge in [0, 0.05) is 23.9 Å². The molecular formula is C12H12N2O5. The maximum atomic E-state index is 11.3. The van der Waals surface area contributed by atoms with E-state index in [4.69, 9.17) is 5.73 Å². The number of benzene rings is 1. The lowest BCUT2D eigenvalue weighted by Crippen LogP contribution is -2.11. The van der Waals surface area contributed by atoms with E-state index in [1.165, 1.54) is 25.3 Å². The summed E-state index contributed by atoms with van der Waals surface area (Å²) in [5.41, 5.74) is 5.06. The van der Waals surface area contributed by atoms with E-state index in [-0.39, 0.29) is 17.0 Å². The van der Waals surface area contributed by atoms with Crippen molar-refractivity contribution in [3.8, 4) is 5.75 Å². The Morgan fingerprint density at radius 2 is 2.00 bits per heavy atom. The molecule has 1 aromatic rings. The van der Waals surface area contributed by atoms with E-state index >= 15 is 0 Å². The van der Waals surface area contributed by atoms with Crippen molar-refractivity contribution >= 4 is 23.5 Å². The molecule has 1 aromatic carbocycles. The van der Waals surface area contributed by atoms with Crippen LogP contribution in [0.1, 0.15) is 10.4 Å². The second kappa shape index (κ2) is 6.20. The van der Waals surface area contributed by atoms with Crippen molar-refractivity contribution in [3.63, 3.8) is 0 Å². The van der Waals surface area contributed by atoms with E-state index in [0.29, 0.717) is 0 Å². The number of phenolic OH excluding ortho intramolecular Hbond substituents is 1. The normalized spacial score (nSPS) is 10.2. The number of amides is 2. The molecule has 2 amide bonds. The number of primary amides is 1. The van der Waals surface area contributed by atoms with Gasteiger partial charge in [0.2, 0.25) is 11.8 Å². The van der Waals surface area contributed by atoms with Crippen LogP contribution in [0.4, 0.5) is 5.69 Å². The van der Waals surface area contributed by atoms with Crippen LogP contribution in [0.3, 0.4) is 0 Å². The summed E-state index contributed by atoms with van der Waals surface area (Å²) in [6.07, 6.45) is 1.85. The molecule has 0 aliphatic rings. The Kier molecular flexibility index (Phi) is 4.64. The summed E-state index contributed by atoms with van der Waals surface area (Å²) in [6, 6.07) is 3.89. The summed E-state index contributed by atoms with van der Waals surface area (Å²) >= 11 is 0. The molecule has 0 unspecified atom stereocenters. The lowest BCUT2D eigenvalue weighted by molar-refractivity contribution is -0.115. The van der Waals surface area contributed by atoms with Crippen LogP contribution in [0.15, 0.2) is 30.4 Å². The predicted octanol–water partition coefficient (Wildman–Crippen LogP) is 0.159. The van der Waals surface area contributed by atoms with Gasteiger partial charge in [-0.1, -0.05) is 0 Å². The summed E-state index contributed by atoms with van der Waals surface area (Å²) in [4.78, 5) is 33.0. The molecule has 0 spiro atoms. The van der Waals surface area contributed by atoms with E-state index in [2.05, 4.69) is 10.1 Å². The van der Waals surface area contributed by atoms with Crippen molar-refractivity contribution < 1.29 is 24.2 Å². The van der Waals surface area contributed by atoms with Crippen molar-refractivity contribution in [2.75, 3.05) is 12.4 Å². The Balaban J connectivity index is 2.82. The molecule has 0 fully saturated rings. The topological polar surface area (TPSA) is 119 Å². The Labute approximate surface area is 108 Å². The van der Waals surface area contributed by atoms with E-state index in [1.807, 2.05) is 0 Å². The smallest absolute Gasteiger partial charge is 0.341 e. The molecular weight excluding hydrogens is 252 g/mol. The largest absolute Gasteiger partial charge is 0.507 e. The van der Waals surface area contributed by atoms with Gasteiger partial charge in [0.1, 0.15) is 11.3 Å². The number of rotatable bonds is 4. The first kappa shape index (κ1) is 14.2. The van der Waals surface area contributed by atoms with Crippen LogP contribution in [-0.4, -0.2) is 30.0 Å². The van der Waals surface area contributed by atoms with Crippen molar-refractivity contribution in [3.05, 3.63) is 35.9 Å². The third kappa shape index (κ3) is 4.15. The number of carbonyl (C=O) groups excluding carboxylic acids is 3. The first-order valence-corrected chi connectivity index (χ1v) is 5.14. The van der Waals surface area contributed by atoms with Crippen molar-refractivity contribution in [1.82, 2.24) is 0 Å². The molecule has 0 aromatic heterocycles. The monoisotopic (exact) mass is 264 g/mol. The Morgan fingerprint density at radius 3 is 2.53 bits per heavy atom. The SMILES string of the molecule is COC(=O)c1ccc(NC(=O)C=CC(N)=O)cc1O. The molecule has 0 saturated carbocycles. The van der Waals surface area contributed by atoms with Gasteiger partial charge in [0.05, 0.1) is 7.11 Å². The Bertz CT molecular complexity index is 551. The highest BCUT2D eigenvalue weighted by Gasteiger charge is 2.12. The van der Waals surface area contributed by atoms with Crippen LogP contribution in [0.5, 0.6) is 5.75 Å². The van der Waals surface area contributed by atoms with E-state index < -0.39 is 17.8 Å². The second-order valence-electron chi connectivity index (χ2n) is 3.45. The molecule has 0 radical (unpaired) electrons. The highest BCUT2D eigenvalue weighted by Crippen LogP contribution is 2.22. The average Bonchev–Trinajstić information content (AvgIpc) is 2.35. The van der Waals surface area contributed by atoms with Crippen molar-refractivity contribution in [2.45, 2.75) is 0 Å². The Hall–Kier alpha value is -2.83. The molecule has 1 rings (SSSR count). The number of nitrogens with two attached hydrogens (primary N) is 1. The van der Waals surface area contributed by atoms with Gasteiger partial charge in [-0.2, -0.15) is 0 Å². The zero-order chi connectivity index (χ0) is 14.4. The molecule has 0 heterocycles. The average molecular weight is 264 g/mol. The number of phenols is 1. The van der Waals surface area contributed by atoms with Crippen LogP contribution in [0, 0.1) is 0 Å². The highest BCUT2D eigenvalue weighted by molar-refractivity contribution is 6.03. The number of methoxy groups -OCH3 is 1. The number of nitrogens with one attached hydrogen (secondary N) is 1. The van der Waals surface area contributed by atoms with Crippen LogP contribution in [0.25, 0.3) is 0 Å². The zero-order valence-corrected chi connectivity index (χ0v) is 10.0. The van der Waals surface area contributed by atoms with Gasteiger partial charge in [0.15, 0.2) is 0 Å². The minimum Gasteiger partial charge on any atom is -0.507 e. The lowest BCUT2D eigenvalue weighted by Gasteiger charge is -2.06. The Morgan fingerprint density at radius 1 is 1.32 bits per heavy atom. The first-order chi connectivity index (χ1) is 8.93. The fourth-order valence-electron chi connectivity index (χ4n) is 1.23. The van der Waals surface area contributed by atoms with Gasteiger partial charge >= 0.3 is 5.97 Å². The molecule has 100 valence electrons. The molecule has 0 aliphatic heterocycles. The van der Waals surface area contributed by atoms with Crippen LogP contribution < -0.4 is 11.1 Å². The fraction of sp³-hybridized carbons (Fsp3) is 0.0833. The highest BCUT2D eigenvalue weighted by atomic mass is 16.5. The predicted molar refractivity (Wildman–Crippen MR) is 66.4 cm³/mol. The summed E-state index contributed by atoms with van der Waals surface area (Å²) in [5, 5.41) is 12.0. The number of ether oxygens (including phenoxy) is 1. The van der Waals surface area contributed by atoms with Crippen molar-refractivity contribution in [1.29, 1.82) is 0 Å². The summed E-state index contributed by atoms with van der Waals surface area (Å²) in [7, 11) is 1.19. The molecule has 7 heteroatoms. The molecule has 4 N–H and O–H groups in total. The number of anilines is 1. The second-order valence-corrected chi connectivity index (χ2v) is 3.45. The van der Waals surface area contributed by atoms with Gasteiger partial charge in [-0.25, -0.2) is 4.79 Å². The molecule has 7 nitrogen and oxygen atoms in total.